The number of rotatable bonds is 6. The Labute approximate surface area is 89.9 Å². The molecule has 0 rings (SSSR count). The molecule has 0 aliphatic heterocycles. The summed E-state index contributed by atoms with van der Waals surface area (Å²) in [4.78, 5) is 11.0. The zero-order valence-corrected chi connectivity index (χ0v) is 10.3. The van der Waals surface area contributed by atoms with Gasteiger partial charge in [0.25, 0.3) is 0 Å². The van der Waals surface area contributed by atoms with Crippen LogP contribution in [-0.2, 0) is 24.5 Å². The van der Waals surface area contributed by atoms with Gasteiger partial charge < -0.3 is 5.32 Å². The van der Waals surface area contributed by atoms with E-state index in [1.807, 2.05) is 0 Å². The summed E-state index contributed by atoms with van der Waals surface area (Å²) in [7, 11) is -6.25. The molecule has 0 bridgehead atoms. The molecular formula is C7H15NO5S2. The van der Waals surface area contributed by atoms with Crippen molar-refractivity contribution in [2.24, 2.45) is 0 Å². The third-order valence-electron chi connectivity index (χ3n) is 1.49. The highest BCUT2D eigenvalue weighted by molar-refractivity contribution is 7.90. The van der Waals surface area contributed by atoms with Crippen LogP contribution in [0, 0.1) is 0 Å². The molecule has 6 nitrogen and oxygen atoms in total. The van der Waals surface area contributed by atoms with Gasteiger partial charge in [-0.1, -0.05) is 0 Å². The van der Waals surface area contributed by atoms with E-state index >= 15 is 0 Å². The maximum Gasteiger partial charge on any atom is 0.221 e. The van der Waals surface area contributed by atoms with Crippen LogP contribution in [0.1, 0.15) is 6.42 Å². The largest absolute Gasteiger partial charge is 0.355 e. The van der Waals surface area contributed by atoms with Crippen molar-refractivity contribution >= 4 is 25.6 Å². The highest BCUT2D eigenvalue weighted by atomic mass is 32.2. The number of amides is 1. The van der Waals surface area contributed by atoms with E-state index in [1.54, 1.807) is 0 Å². The van der Waals surface area contributed by atoms with E-state index in [9.17, 15) is 21.6 Å². The van der Waals surface area contributed by atoms with Crippen LogP contribution >= 0.6 is 0 Å². The van der Waals surface area contributed by atoms with Gasteiger partial charge in [0.15, 0.2) is 0 Å². The van der Waals surface area contributed by atoms with Crippen molar-refractivity contribution in [1.29, 1.82) is 0 Å². The third-order valence-corrected chi connectivity index (χ3v) is 3.39. The van der Waals surface area contributed by atoms with E-state index in [2.05, 4.69) is 5.32 Å². The quantitative estimate of drug-likeness (QED) is 0.630. The summed E-state index contributed by atoms with van der Waals surface area (Å²) in [5.41, 5.74) is 0. The van der Waals surface area contributed by atoms with Gasteiger partial charge in [0.05, 0.1) is 11.5 Å². The standard InChI is InChI=1S/C7H15NO5S2/c1-14(10,11)5-3-7(9)8-4-6-15(2,12)13/h3-6H2,1-2H3,(H,8,9). The number of carbonyl (C=O) groups excluding carboxylic acids is 1. The highest BCUT2D eigenvalue weighted by Crippen LogP contribution is 1.89. The van der Waals surface area contributed by atoms with Gasteiger partial charge in [-0.2, -0.15) is 0 Å². The van der Waals surface area contributed by atoms with Crippen LogP contribution in [0.25, 0.3) is 0 Å². The normalized spacial score (nSPS) is 12.4. The second-order valence-corrected chi connectivity index (χ2v) is 7.88. The third kappa shape index (κ3) is 11.3. The highest BCUT2D eigenvalue weighted by Gasteiger charge is 2.08. The van der Waals surface area contributed by atoms with E-state index < -0.39 is 25.6 Å². The lowest BCUT2D eigenvalue weighted by Crippen LogP contribution is -2.29. The van der Waals surface area contributed by atoms with Crippen molar-refractivity contribution in [3.05, 3.63) is 0 Å². The van der Waals surface area contributed by atoms with Gasteiger partial charge in [-0.25, -0.2) is 16.8 Å². The molecule has 15 heavy (non-hydrogen) atoms. The number of hydrogen-bond donors (Lipinski definition) is 1. The van der Waals surface area contributed by atoms with E-state index in [1.165, 1.54) is 0 Å². The van der Waals surface area contributed by atoms with Gasteiger partial charge >= 0.3 is 0 Å². The average molecular weight is 257 g/mol. The molecule has 0 heterocycles. The molecule has 0 aromatic heterocycles. The molecule has 0 aliphatic rings. The van der Waals surface area contributed by atoms with E-state index in [0.717, 1.165) is 12.5 Å². The Morgan fingerprint density at radius 3 is 1.87 bits per heavy atom. The summed E-state index contributed by atoms with van der Waals surface area (Å²) in [6, 6.07) is 0. The predicted octanol–water partition coefficient (Wildman–Crippen LogP) is -1.42. The SMILES string of the molecule is CS(=O)(=O)CCNC(=O)CCS(C)(=O)=O. The molecule has 0 radical (unpaired) electrons. The number of hydrogen-bond acceptors (Lipinski definition) is 5. The van der Waals surface area contributed by atoms with Crippen molar-refractivity contribution in [2.75, 3.05) is 30.6 Å². The summed E-state index contributed by atoms with van der Waals surface area (Å²) < 4.78 is 42.8. The summed E-state index contributed by atoms with van der Waals surface area (Å²) in [5.74, 6) is -0.820. The molecule has 0 spiro atoms. The minimum absolute atomic E-state index is 0.0153. The molecule has 0 aliphatic carbocycles. The van der Waals surface area contributed by atoms with Crippen LogP contribution in [0.15, 0.2) is 0 Å². The molecule has 1 amide bonds. The van der Waals surface area contributed by atoms with Crippen LogP contribution in [0.5, 0.6) is 0 Å². The second kappa shape index (κ2) is 5.45. The smallest absolute Gasteiger partial charge is 0.221 e. The summed E-state index contributed by atoms with van der Waals surface area (Å²) >= 11 is 0. The molecule has 0 fully saturated rings. The maximum absolute atomic E-state index is 11.0. The molecular weight excluding hydrogens is 242 g/mol. The molecule has 0 atom stereocenters. The van der Waals surface area contributed by atoms with Crippen LogP contribution in [-0.4, -0.2) is 53.3 Å². The fourth-order valence-electron chi connectivity index (χ4n) is 0.742. The van der Waals surface area contributed by atoms with Gasteiger partial charge in [0.2, 0.25) is 5.91 Å². The number of carbonyl (C=O) groups is 1. The van der Waals surface area contributed by atoms with E-state index in [0.29, 0.717) is 0 Å². The topological polar surface area (TPSA) is 97.4 Å². The molecule has 0 aromatic rings. The summed E-state index contributed by atoms with van der Waals surface area (Å²) in [6.45, 7) is 0.0153. The molecule has 1 N–H and O–H groups in total. The summed E-state index contributed by atoms with van der Waals surface area (Å²) in [5, 5.41) is 2.33. The van der Waals surface area contributed by atoms with Crippen molar-refractivity contribution in [3.8, 4) is 0 Å². The van der Waals surface area contributed by atoms with Crippen LogP contribution in [0.3, 0.4) is 0 Å². The first kappa shape index (κ1) is 14.4. The van der Waals surface area contributed by atoms with Crippen molar-refractivity contribution in [3.63, 3.8) is 0 Å². The van der Waals surface area contributed by atoms with E-state index in [-0.39, 0.29) is 24.5 Å². The zero-order valence-electron chi connectivity index (χ0n) is 8.69. The van der Waals surface area contributed by atoms with E-state index in [4.69, 9.17) is 0 Å². The zero-order chi connectivity index (χ0) is 12.1. The molecule has 0 saturated carbocycles. The Balaban J connectivity index is 3.78. The Bertz CT molecular complexity index is 409. The first-order chi connectivity index (χ1) is 6.60. The Kier molecular flexibility index (Phi) is 5.22. The first-order valence-corrected chi connectivity index (χ1v) is 8.34. The summed E-state index contributed by atoms with van der Waals surface area (Å²) in [6.07, 6.45) is 1.97. The predicted molar refractivity (Wildman–Crippen MR) is 57.0 cm³/mol. The molecule has 0 unspecified atom stereocenters. The van der Waals surface area contributed by atoms with Crippen LogP contribution in [0.2, 0.25) is 0 Å². The molecule has 8 heteroatoms. The lowest BCUT2D eigenvalue weighted by atomic mass is 10.4. The van der Waals surface area contributed by atoms with Crippen LogP contribution < -0.4 is 5.32 Å². The Hall–Kier alpha value is -0.630. The second-order valence-electron chi connectivity index (χ2n) is 3.36. The number of sulfone groups is 2. The fourth-order valence-corrected chi connectivity index (χ4v) is 1.77. The maximum atomic E-state index is 11.0. The molecule has 0 aromatic carbocycles. The minimum Gasteiger partial charge on any atom is -0.355 e. The van der Waals surface area contributed by atoms with Gasteiger partial charge in [0, 0.05) is 25.5 Å². The van der Waals surface area contributed by atoms with Gasteiger partial charge in [-0.05, 0) is 0 Å². The number of nitrogens with one attached hydrogen (secondary N) is 1. The Morgan fingerprint density at radius 2 is 1.47 bits per heavy atom. The van der Waals surface area contributed by atoms with Crippen molar-refractivity contribution in [2.45, 2.75) is 6.42 Å². The van der Waals surface area contributed by atoms with Gasteiger partial charge in [0.1, 0.15) is 19.7 Å². The van der Waals surface area contributed by atoms with Crippen molar-refractivity contribution < 1.29 is 21.6 Å². The van der Waals surface area contributed by atoms with Gasteiger partial charge in [-0.3, -0.25) is 4.79 Å². The molecule has 0 saturated heterocycles. The first-order valence-electron chi connectivity index (χ1n) is 4.22. The fraction of sp³-hybridized carbons (Fsp3) is 0.857. The Morgan fingerprint density at radius 1 is 1.00 bits per heavy atom. The van der Waals surface area contributed by atoms with Gasteiger partial charge in [-0.15, -0.1) is 0 Å². The monoisotopic (exact) mass is 257 g/mol. The average Bonchev–Trinajstić information content (AvgIpc) is 1.97. The van der Waals surface area contributed by atoms with Crippen molar-refractivity contribution in [1.82, 2.24) is 5.32 Å². The minimum atomic E-state index is -3.15. The van der Waals surface area contributed by atoms with Crippen LogP contribution in [0.4, 0.5) is 0 Å². The molecule has 90 valence electrons. The lowest BCUT2D eigenvalue weighted by Gasteiger charge is -2.03. The lowest BCUT2D eigenvalue weighted by molar-refractivity contribution is -0.120.